The van der Waals surface area contributed by atoms with Crippen LogP contribution < -0.4 is 17.0 Å². The molecule has 1 heterocycles. The van der Waals surface area contributed by atoms with E-state index in [9.17, 15) is 5.11 Å². The highest BCUT2D eigenvalue weighted by Crippen LogP contribution is 2.34. The smallest absolute Gasteiger partial charge is 0.268 e. The Morgan fingerprint density at radius 3 is 1.85 bits per heavy atom. The van der Waals surface area contributed by atoms with E-state index < -0.39 is 5.60 Å². The molecule has 0 aliphatic rings. The van der Waals surface area contributed by atoms with Crippen molar-refractivity contribution in [1.82, 2.24) is 4.57 Å². The van der Waals surface area contributed by atoms with Crippen LogP contribution in [0, 0.1) is 0 Å². The molecule has 1 N–H and O–H groups in total. The van der Waals surface area contributed by atoms with E-state index in [0.717, 1.165) is 46.7 Å². The van der Waals surface area contributed by atoms with Crippen LogP contribution in [0.15, 0.2) is 115 Å². The first kappa shape index (κ1) is 30.5. The van der Waals surface area contributed by atoms with E-state index in [-0.39, 0.29) is 12.4 Å². The lowest BCUT2D eigenvalue weighted by molar-refractivity contribution is -0.717. The van der Waals surface area contributed by atoms with Crippen molar-refractivity contribution in [2.75, 3.05) is 6.61 Å². The number of unbranched alkanes of at least 4 members (excludes halogenated alkanes) is 5. The van der Waals surface area contributed by atoms with Crippen molar-refractivity contribution in [1.29, 1.82) is 0 Å². The number of benzene rings is 4. The molecule has 0 aliphatic carbocycles. The average Bonchev–Trinajstić information content (AvgIpc) is 3.32. The molecule has 0 saturated carbocycles. The third kappa shape index (κ3) is 7.08. The summed E-state index contributed by atoms with van der Waals surface area (Å²) < 4.78 is 10.8. The summed E-state index contributed by atoms with van der Waals surface area (Å²) in [5.74, 6) is 0.991. The first-order chi connectivity index (χ1) is 19.7. The number of imidazole rings is 1. The molecule has 0 bridgehead atoms. The summed E-state index contributed by atoms with van der Waals surface area (Å²) in [4.78, 5) is 0. The fourth-order valence-corrected chi connectivity index (χ4v) is 5.63. The predicted octanol–water partition coefficient (Wildman–Crippen LogP) is 4.74. The SMILES string of the molecule is CCCCCCCCOC[n+]1c(CC(O)(c2ccccc2)c2ccccc2)n(-c2ccccc2)c2ccccc21.[Cl-]. The van der Waals surface area contributed by atoms with Gasteiger partial charge in [0.25, 0.3) is 5.82 Å². The Morgan fingerprint density at radius 2 is 1.22 bits per heavy atom. The molecule has 0 aliphatic heterocycles. The van der Waals surface area contributed by atoms with Crippen molar-refractivity contribution in [3.05, 3.63) is 132 Å². The van der Waals surface area contributed by atoms with E-state index in [1.807, 2.05) is 66.7 Å². The molecule has 1 aromatic heterocycles. The van der Waals surface area contributed by atoms with Gasteiger partial charge in [0.1, 0.15) is 11.3 Å². The van der Waals surface area contributed by atoms with Crippen LogP contribution in [0.3, 0.4) is 0 Å². The van der Waals surface area contributed by atoms with Gasteiger partial charge in [-0.15, -0.1) is 0 Å². The molecule has 0 saturated heterocycles. The van der Waals surface area contributed by atoms with Gasteiger partial charge in [0, 0.05) is 0 Å². The van der Waals surface area contributed by atoms with Gasteiger partial charge in [0.15, 0.2) is 17.8 Å². The van der Waals surface area contributed by atoms with Crippen molar-refractivity contribution in [2.45, 2.75) is 64.2 Å². The highest BCUT2D eigenvalue weighted by Gasteiger charge is 2.39. The second-order valence-electron chi connectivity index (χ2n) is 10.6. The molecule has 5 heteroatoms. The molecular formula is C36H41ClN2O2. The van der Waals surface area contributed by atoms with Crippen LogP contribution in [0.4, 0.5) is 0 Å². The summed E-state index contributed by atoms with van der Waals surface area (Å²) in [5.41, 5.74) is 3.75. The van der Waals surface area contributed by atoms with Crippen molar-refractivity contribution < 1.29 is 26.8 Å². The number of aliphatic hydroxyl groups is 1. The molecular weight excluding hydrogens is 528 g/mol. The van der Waals surface area contributed by atoms with E-state index in [4.69, 9.17) is 4.74 Å². The third-order valence-corrected chi connectivity index (χ3v) is 7.78. The van der Waals surface area contributed by atoms with E-state index in [0.29, 0.717) is 13.2 Å². The number of rotatable bonds is 14. The van der Waals surface area contributed by atoms with Gasteiger partial charge < -0.3 is 22.3 Å². The second kappa shape index (κ2) is 15.0. The summed E-state index contributed by atoms with van der Waals surface area (Å²) in [5, 5.41) is 12.6. The number of nitrogens with zero attached hydrogens (tertiary/aromatic N) is 2. The number of halogens is 1. The monoisotopic (exact) mass is 568 g/mol. The van der Waals surface area contributed by atoms with Crippen LogP contribution in [0.25, 0.3) is 16.7 Å². The molecule has 0 atom stereocenters. The Bertz CT molecular complexity index is 1430. The molecule has 4 aromatic carbocycles. The molecule has 0 fully saturated rings. The Labute approximate surface area is 250 Å². The first-order valence-corrected chi connectivity index (χ1v) is 14.7. The van der Waals surface area contributed by atoms with Crippen LogP contribution >= 0.6 is 0 Å². The first-order valence-electron chi connectivity index (χ1n) is 14.7. The molecule has 0 spiro atoms. The van der Waals surface area contributed by atoms with Gasteiger partial charge in [0.05, 0.1) is 13.0 Å². The lowest BCUT2D eigenvalue weighted by atomic mass is 9.83. The highest BCUT2D eigenvalue weighted by molar-refractivity contribution is 5.74. The van der Waals surface area contributed by atoms with Gasteiger partial charge in [-0.25, -0.2) is 4.57 Å². The Morgan fingerprint density at radius 1 is 0.683 bits per heavy atom. The largest absolute Gasteiger partial charge is 1.00 e. The lowest BCUT2D eigenvalue weighted by Gasteiger charge is -2.28. The molecule has 41 heavy (non-hydrogen) atoms. The van der Waals surface area contributed by atoms with Crippen LogP contribution in [-0.4, -0.2) is 16.3 Å². The number of hydrogen-bond acceptors (Lipinski definition) is 2. The molecule has 0 radical (unpaired) electrons. The van der Waals surface area contributed by atoms with Crippen LogP contribution in [0.2, 0.25) is 0 Å². The average molecular weight is 569 g/mol. The fourth-order valence-electron chi connectivity index (χ4n) is 5.63. The summed E-state index contributed by atoms with van der Waals surface area (Å²) in [7, 11) is 0. The maximum Gasteiger partial charge on any atom is 0.268 e. The zero-order chi connectivity index (χ0) is 27.6. The van der Waals surface area contributed by atoms with Crippen LogP contribution in [0.5, 0.6) is 0 Å². The number of para-hydroxylation sites is 3. The summed E-state index contributed by atoms with van der Waals surface area (Å²) in [6.45, 7) is 3.41. The van der Waals surface area contributed by atoms with Crippen molar-refractivity contribution in [3.63, 3.8) is 0 Å². The number of ether oxygens (including phenoxy) is 1. The molecule has 0 amide bonds. The zero-order valence-electron chi connectivity index (χ0n) is 24.0. The van der Waals surface area contributed by atoms with Gasteiger partial charge in [-0.2, -0.15) is 4.57 Å². The normalized spacial score (nSPS) is 11.5. The van der Waals surface area contributed by atoms with E-state index in [1.165, 1.54) is 32.1 Å². The van der Waals surface area contributed by atoms with E-state index in [2.05, 4.69) is 64.6 Å². The minimum atomic E-state index is -1.23. The van der Waals surface area contributed by atoms with Crippen molar-refractivity contribution in [3.8, 4) is 5.69 Å². The van der Waals surface area contributed by atoms with Gasteiger partial charge in [-0.3, -0.25) is 0 Å². The predicted molar refractivity (Wildman–Crippen MR) is 162 cm³/mol. The topological polar surface area (TPSA) is 38.3 Å². The van der Waals surface area contributed by atoms with Crippen molar-refractivity contribution in [2.24, 2.45) is 0 Å². The molecule has 214 valence electrons. The van der Waals surface area contributed by atoms with Gasteiger partial charge in [0.2, 0.25) is 0 Å². The van der Waals surface area contributed by atoms with Gasteiger partial charge >= 0.3 is 0 Å². The van der Waals surface area contributed by atoms with Crippen LogP contribution in [-0.2, 0) is 23.5 Å². The number of fused-ring (bicyclic) bond motifs is 1. The van der Waals surface area contributed by atoms with Gasteiger partial charge in [-0.05, 0) is 41.8 Å². The number of hydrogen-bond donors (Lipinski definition) is 1. The molecule has 4 nitrogen and oxygen atoms in total. The summed E-state index contributed by atoms with van der Waals surface area (Å²) >= 11 is 0. The third-order valence-electron chi connectivity index (χ3n) is 7.78. The zero-order valence-corrected chi connectivity index (χ0v) is 24.7. The quantitative estimate of drug-likeness (QED) is 0.155. The Hall–Kier alpha value is -3.44. The second-order valence-corrected chi connectivity index (χ2v) is 10.6. The minimum absolute atomic E-state index is 0. The standard InChI is InChI=1S/C36H41N2O2.ClH/c1-2-3-4-5-6-18-27-40-29-37-33-25-16-17-26-34(33)38(32-23-14-9-15-24-32)35(37)28-36(39,30-19-10-7-11-20-30)31-21-12-8-13-22-31;/h7-17,19-26,39H,2-6,18,27-29H2,1H3;1H/q+1;/p-1. The van der Waals surface area contributed by atoms with E-state index in [1.54, 1.807) is 0 Å². The number of aromatic nitrogens is 2. The van der Waals surface area contributed by atoms with Gasteiger partial charge in [-0.1, -0.05) is 130 Å². The molecule has 0 unspecified atom stereocenters. The minimum Gasteiger partial charge on any atom is -1.00 e. The highest BCUT2D eigenvalue weighted by atomic mass is 35.5. The molecule has 5 aromatic rings. The van der Waals surface area contributed by atoms with Crippen LogP contribution in [0.1, 0.15) is 62.4 Å². The molecule has 5 rings (SSSR count). The summed E-state index contributed by atoms with van der Waals surface area (Å²) in [6.07, 6.45) is 7.79. The van der Waals surface area contributed by atoms with Crippen molar-refractivity contribution >= 4 is 11.0 Å². The maximum absolute atomic E-state index is 12.6. The summed E-state index contributed by atoms with van der Waals surface area (Å²) in [6, 6.07) is 38.9. The fraction of sp³-hybridized carbons (Fsp3) is 0.306. The Kier molecular flexibility index (Phi) is 11.1. The lowest BCUT2D eigenvalue weighted by Crippen LogP contribution is -3.00. The Balaban J connectivity index is 0.00000387. The maximum atomic E-state index is 12.6. The van der Waals surface area contributed by atoms with E-state index >= 15 is 0 Å².